The van der Waals surface area contributed by atoms with E-state index >= 15 is 0 Å². The van der Waals surface area contributed by atoms with Gasteiger partial charge in [0.05, 0.1) is 10.0 Å². The summed E-state index contributed by atoms with van der Waals surface area (Å²) in [6.07, 6.45) is 2.94. The van der Waals surface area contributed by atoms with Crippen molar-refractivity contribution in [3.8, 4) is 0 Å². The van der Waals surface area contributed by atoms with Crippen LogP contribution in [0.2, 0.25) is 0 Å². The molecule has 0 fully saturated rings. The van der Waals surface area contributed by atoms with Gasteiger partial charge in [0.15, 0.2) is 0 Å². The van der Waals surface area contributed by atoms with Gasteiger partial charge < -0.3 is 5.32 Å². The van der Waals surface area contributed by atoms with Crippen LogP contribution in [-0.4, -0.2) is 24.5 Å². The van der Waals surface area contributed by atoms with Crippen LogP contribution >= 0.6 is 27.7 Å². The van der Waals surface area contributed by atoms with Crippen LogP contribution in [-0.2, 0) is 0 Å². The topological polar surface area (TPSA) is 29.1 Å². The average molecular weight is 306 g/mol. The zero-order valence-corrected chi connectivity index (χ0v) is 11.3. The Morgan fingerprint density at radius 3 is 3.00 bits per heavy atom. The van der Waals surface area contributed by atoms with Crippen LogP contribution < -0.4 is 5.32 Å². The van der Waals surface area contributed by atoms with Crippen LogP contribution in [0.15, 0.2) is 22.7 Å². The highest BCUT2D eigenvalue weighted by Gasteiger charge is 2.11. The molecule has 1 N–H and O–H groups in total. The van der Waals surface area contributed by atoms with E-state index in [1.54, 1.807) is 17.8 Å². The molecule has 88 valence electrons. The summed E-state index contributed by atoms with van der Waals surface area (Å²) in [6, 6.07) is 4.43. The van der Waals surface area contributed by atoms with Gasteiger partial charge in [-0.25, -0.2) is 4.39 Å². The van der Waals surface area contributed by atoms with Crippen molar-refractivity contribution in [3.63, 3.8) is 0 Å². The molecule has 0 aromatic heterocycles. The lowest BCUT2D eigenvalue weighted by Crippen LogP contribution is -2.25. The van der Waals surface area contributed by atoms with Gasteiger partial charge >= 0.3 is 0 Å². The highest BCUT2D eigenvalue weighted by molar-refractivity contribution is 9.10. The number of hydrogen-bond donors (Lipinski definition) is 1. The van der Waals surface area contributed by atoms with Crippen molar-refractivity contribution >= 4 is 33.6 Å². The van der Waals surface area contributed by atoms with Crippen LogP contribution in [0, 0.1) is 5.82 Å². The minimum atomic E-state index is -0.420. The summed E-state index contributed by atoms with van der Waals surface area (Å²) in [6.45, 7) is 0.614. The second kappa shape index (κ2) is 6.91. The Kier molecular flexibility index (Phi) is 5.84. The third-order valence-electron chi connectivity index (χ3n) is 2.01. The molecule has 0 heterocycles. The van der Waals surface area contributed by atoms with Crippen LogP contribution in [0.5, 0.6) is 0 Å². The lowest BCUT2D eigenvalue weighted by molar-refractivity contribution is 0.0952. The van der Waals surface area contributed by atoms with Gasteiger partial charge in [-0.1, -0.05) is 6.07 Å². The fourth-order valence-electron chi connectivity index (χ4n) is 1.19. The van der Waals surface area contributed by atoms with Crippen molar-refractivity contribution in [2.75, 3.05) is 18.6 Å². The zero-order chi connectivity index (χ0) is 12.0. The van der Waals surface area contributed by atoms with Gasteiger partial charge in [0.2, 0.25) is 0 Å². The second-order valence-corrected chi connectivity index (χ2v) is 4.98. The van der Waals surface area contributed by atoms with E-state index in [-0.39, 0.29) is 10.4 Å². The van der Waals surface area contributed by atoms with E-state index in [1.165, 1.54) is 12.1 Å². The number of amides is 1. The molecule has 1 aromatic carbocycles. The van der Waals surface area contributed by atoms with Crippen LogP contribution in [0.3, 0.4) is 0 Å². The summed E-state index contributed by atoms with van der Waals surface area (Å²) in [5.41, 5.74) is 0.337. The van der Waals surface area contributed by atoms with Crippen molar-refractivity contribution < 1.29 is 9.18 Å². The fourth-order valence-corrected chi connectivity index (χ4v) is 2.07. The van der Waals surface area contributed by atoms with Gasteiger partial charge in [-0.15, -0.1) is 0 Å². The van der Waals surface area contributed by atoms with E-state index in [9.17, 15) is 9.18 Å². The molecule has 2 nitrogen and oxygen atoms in total. The number of benzene rings is 1. The molecule has 0 aliphatic rings. The Labute approximate surface area is 107 Å². The first-order valence-electron chi connectivity index (χ1n) is 4.88. The van der Waals surface area contributed by atoms with Crippen molar-refractivity contribution in [1.82, 2.24) is 5.32 Å². The third-order valence-corrected chi connectivity index (χ3v) is 3.51. The van der Waals surface area contributed by atoms with Crippen molar-refractivity contribution in [3.05, 3.63) is 34.1 Å². The summed E-state index contributed by atoms with van der Waals surface area (Å²) in [7, 11) is 0. The van der Waals surface area contributed by atoms with Crippen LogP contribution in [0.4, 0.5) is 4.39 Å². The van der Waals surface area contributed by atoms with Crippen molar-refractivity contribution in [2.24, 2.45) is 0 Å². The third kappa shape index (κ3) is 3.79. The maximum Gasteiger partial charge on any atom is 0.252 e. The van der Waals surface area contributed by atoms with Crippen LogP contribution in [0.1, 0.15) is 16.8 Å². The van der Waals surface area contributed by atoms with E-state index in [4.69, 9.17) is 0 Å². The Morgan fingerprint density at radius 1 is 1.56 bits per heavy atom. The van der Waals surface area contributed by atoms with Crippen molar-refractivity contribution in [1.29, 1.82) is 0 Å². The number of nitrogens with one attached hydrogen (secondary N) is 1. The molecular formula is C11H13BrFNOS. The minimum absolute atomic E-state index is 0.220. The molecule has 0 saturated heterocycles. The highest BCUT2D eigenvalue weighted by Crippen LogP contribution is 2.20. The van der Waals surface area contributed by atoms with E-state index in [1.807, 2.05) is 6.26 Å². The Balaban J connectivity index is 2.56. The summed E-state index contributed by atoms with van der Waals surface area (Å²) >= 11 is 4.80. The smallest absolute Gasteiger partial charge is 0.252 e. The fraction of sp³-hybridized carbons (Fsp3) is 0.364. The quantitative estimate of drug-likeness (QED) is 0.847. The number of thioether (sulfide) groups is 1. The van der Waals surface area contributed by atoms with E-state index in [2.05, 4.69) is 21.2 Å². The average Bonchev–Trinajstić information content (AvgIpc) is 2.28. The van der Waals surface area contributed by atoms with Crippen molar-refractivity contribution in [2.45, 2.75) is 6.42 Å². The zero-order valence-electron chi connectivity index (χ0n) is 8.93. The highest BCUT2D eigenvalue weighted by atomic mass is 79.9. The van der Waals surface area contributed by atoms with Gasteiger partial charge in [0, 0.05) is 6.54 Å². The predicted molar refractivity (Wildman–Crippen MR) is 69.4 cm³/mol. The van der Waals surface area contributed by atoms with Crippen LogP contribution in [0.25, 0.3) is 0 Å². The summed E-state index contributed by atoms with van der Waals surface area (Å²) < 4.78 is 13.4. The minimum Gasteiger partial charge on any atom is -0.352 e. The molecule has 0 unspecified atom stereocenters. The standard InChI is InChI=1S/C11H13BrFNOS/c1-16-7-3-6-14-11(15)8-4-2-5-9(13)10(8)12/h2,4-5H,3,6-7H2,1H3,(H,14,15). The second-order valence-electron chi connectivity index (χ2n) is 3.20. The molecule has 0 bridgehead atoms. The largest absolute Gasteiger partial charge is 0.352 e. The van der Waals surface area contributed by atoms with E-state index in [0.717, 1.165) is 12.2 Å². The lowest BCUT2D eigenvalue weighted by atomic mass is 10.2. The van der Waals surface area contributed by atoms with E-state index < -0.39 is 5.82 Å². The molecule has 1 amide bonds. The Morgan fingerprint density at radius 2 is 2.31 bits per heavy atom. The first-order valence-corrected chi connectivity index (χ1v) is 7.06. The molecule has 1 aromatic rings. The molecule has 0 atom stereocenters. The SMILES string of the molecule is CSCCCNC(=O)c1cccc(F)c1Br. The monoisotopic (exact) mass is 305 g/mol. The molecule has 0 aliphatic heterocycles. The van der Waals surface area contributed by atoms with Gasteiger partial charge in [-0.3, -0.25) is 4.79 Å². The number of rotatable bonds is 5. The Hall–Kier alpha value is -0.550. The van der Waals surface area contributed by atoms with Gasteiger partial charge in [-0.2, -0.15) is 11.8 Å². The number of carbonyl (C=O) groups excluding carboxylic acids is 1. The number of hydrogen-bond acceptors (Lipinski definition) is 2. The first-order chi connectivity index (χ1) is 7.66. The summed E-state index contributed by atoms with van der Waals surface area (Å²) in [5.74, 6) is 0.342. The van der Waals surface area contributed by atoms with Gasteiger partial charge in [0.1, 0.15) is 5.82 Å². The molecular weight excluding hydrogens is 293 g/mol. The van der Waals surface area contributed by atoms with Gasteiger partial charge in [0.25, 0.3) is 5.91 Å². The maximum atomic E-state index is 13.2. The number of halogens is 2. The molecule has 0 saturated carbocycles. The Bertz CT molecular complexity index is 373. The predicted octanol–water partition coefficient (Wildman–Crippen LogP) is 3.07. The summed E-state index contributed by atoms with van der Waals surface area (Å²) in [4.78, 5) is 11.7. The molecule has 5 heteroatoms. The lowest BCUT2D eigenvalue weighted by Gasteiger charge is -2.06. The van der Waals surface area contributed by atoms with E-state index in [0.29, 0.717) is 12.1 Å². The maximum absolute atomic E-state index is 13.2. The molecule has 0 aliphatic carbocycles. The molecule has 1 rings (SSSR count). The molecule has 16 heavy (non-hydrogen) atoms. The first kappa shape index (κ1) is 13.5. The normalized spacial score (nSPS) is 10.2. The van der Waals surface area contributed by atoms with Gasteiger partial charge in [-0.05, 0) is 46.5 Å². The molecule has 0 radical (unpaired) electrons. The summed E-state index contributed by atoms with van der Waals surface area (Å²) in [5, 5.41) is 2.75. The molecule has 0 spiro atoms. The number of carbonyl (C=O) groups is 1.